The number of benzene rings is 1. The van der Waals surface area contributed by atoms with E-state index in [-0.39, 0.29) is 17.8 Å². The Balaban J connectivity index is 2.00. The van der Waals surface area contributed by atoms with E-state index in [9.17, 15) is 23.1 Å². The molecule has 0 bridgehead atoms. The van der Waals surface area contributed by atoms with Gasteiger partial charge in [-0.2, -0.15) is 21.9 Å². The first-order valence-corrected chi connectivity index (χ1v) is 6.52. The molecule has 1 aromatic carbocycles. The lowest BCUT2D eigenvalue weighted by Gasteiger charge is -2.14. The summed E-state index contributed by atoms with van der Waals surface area (Å²) >= 11 is 0.855. The number of nitrogens with one attached hydrogen (secondary N) is 1. The largest absolute Gasteiger partial charge is 0.416 e. The average molecular weight is 317 g/mol. The van der Waals surface area contributed by atoms with Crippen LogP contribution in [0.25, 0.3) is 0 Å². The minimum absolute atomic E-state index is 0.0709. The number of halogens is 3. The average Bonchev–Trinajstić information content (AvgIpc) is 2.98. The predicted molar refractivity (Wildman–Crippen MR) is 68.6 cm³/mol. The van der Waals surface area contributed by atoms with E-state index < -0.39 is 23.8 Å². The molecule has 0 aliphatic heterocycles. The topological polar surface area (TPSA) is 75.1 Å². The molecular weight excluding hydrogens is 307 g/mol. The quantitative estimate of drug-likeness (QED) is 0.905. The molecule has 0 saturated heterocycles. The molecule has 0 radical (unpaired) electrons. The van der Waals surface area contributed by atoms with Gasteiger partial charge in [0.2, 0.25) is 0 Å². The second kappa shape index (κ2) is 6.19. The molecule has 2 rings (SSSR count). The number of nitrogens with zero attached hydrogens (tertiary/aromatic N) is 2. The summed E-state index contributed by atoms with van der Waals surface area (Å²) in [7, 11) is 0. The Morgan fingerprint density at radius 3 is 2.81 bits per heavy atom. The molecule has 2 aromatic rings. The van der Waals surface area contributed by atoms with Crippen LogP contribution in [0, 0.1) is 0 Å². The number of aliphatic hydroxyl groups is 1. The van der Waals surface area contributed by atoms with Crippen LogP contribution in [0.5, 0.6) is 0 Å². The highest BCUT2D eigenvalue weighted by Gasteiger charge is 2.30. The van der Waals surface area contributed by atoms with Gasteiger partial charge in [-0.15, -0.1) is 0 Å². The summed E-state index contributed by atoms with van der Waals surface area (Å²) in [6.07, 6.45) is -4.47. The van der Waals surface area contributed by atoms with Gasteiger partial charge in [-0.25, -0.2) is 0 Å². The Kier molecular flexibility index (Phi) is 4.53. The van der Waals surface area contributed by atoms with Crippen molar-refractivity contribution in [2.75, 3.05) is 6.54 Å². The smallest absolute Gasteiger partial charge is 0.387 e. The first-order valence-electron chi connectivity index (χ1n) is 5.79. The van der Waals surface area contributed by atoms with Gasteiger partial charge in [-0.1, -0.05) is 12.1 Å². The zero-order chi connectivity index (χ0) is 15.5. The van der Waals surface area contributed by atoms with Gasteiger partial charge in [0.15, 0.2) is 5.69 Å². The third kappa shape index (κ3) is 3.99. The van der Waals surface area contributed by atoms with Crippen LogP contribution in [0.15, 0.2) is 30.5 Å². The van der Waals surface area contributed by atoms with Crippen LogP contribution in [0.4, 0.5) is 13.2 Å². The van der Waals surface area contributed by atoms with Crippen molar-refractivity contribution in [3.63, 3.8) is 0 Å². The molecule has 0 aliphatic rings. The molecule has 0 aliphatic carbocycles. The van der Waals surface area contributed by atoms with E-state index >= 15 is 0 Å². The van der Waals surface area contributed by atoms with Gasteiger partial charge in [0.25, 0.3) is 5.91 Å². The minimum Gasteiger partial charge on any atom is -0.387 e. The Labute approximate surface area is 121 Å². The highest BCUT2D eigenvalue weighted by atomic mass is 32.1. The molecule has 0 fully saturated rings. The van der Waals surface area contributed by atoms with Gasteiger partial charge in [0, 0.05) is 6.54 Å². The molecule has 1 amide bonds. The van der Waals surface area contributed by atoms with Crippen molar-refractivity contribution in [1.82, 2.24) is 14.1 Å². The Morgan fingerprint density at radius 1 is 1.43 bits per heavy atom. The number of hydrogen-bond donors (Lipinski definition) is 2. The van der Waals surface area contributed by atoms with Crippen LogP contribution in [0.1, 0.15) is 27.7 Å². The molecule has 1 unspecified atom stereocenters. The first-order chi connectivity index (χ1) is 9.88. The summed E-state index contributed by atoms with van der Waals surface area (Å²) in [5, 5.41) is 12.2. The normalized spacial score (nSPS) is 13.0. The van der Waals surface area contributed by atoms with Gasteiger partial charge in [-0.3, -0.25) is 4.79 Å². The molecule has 1 aromatic heterocycles. The highest BCUT2D eigenvalue weighted by Crippen LogP contribution is 2.30. The molecular formula is C12H10F3N3O2S. The molecule has 21 heavy (non-hydrogen) atoms. The van der Waals surface area contributed by atoms with E-state index in [1.807, 2.05) is 0 Å². The molecule has 0 spiro atoms. The summed E-state index contributed by atoms with van der Waals surface area (Å²) in [4.78, 5) is 11.6. The van der Waals surface area contributed by atoms with E-state index in [0.717, 1.165) is 23.9 Å². The van der Waals surface area contributed by atoms with Crippen molar-refractivity contribution in [2.24, 2.45) is 0 Å². The molecule has 5 nitrogen and oxygen atoms in total. The highest BCUT2D eigenvalue weighted by molar-refractivity contribution is 6.99. The molecule has 1 heterocycles. The monoisotopic (exact) mass is 317 g/mol. The minimum atomic E-state index is -4.48. The van der Waals surface area contributed by atoms with Gasteiger partial charge in [0.05, 0.1) is 29.6 Å². The Bertz CT molecular complexity index is 616. The lowest BCUT2D eigenvalue weighted by molar-refractivity contribution is -0.137. The summed E-state index contributed by atoms with van der Waals surface area (Å²) < 4.78 is 45.0. The zero-order valence-corrected chi connectivity index (χ0v) is 11.3. The zero-order valence-electron chi connectivity index (χ0n) is 10.5. The van der Waals surface area contributed by atoms with E-state index in [4.69, 9.17) is 0 Å². The lowest BCUT2D eigenvalue weighted by atomic mass is 10.1. The SMILES string of the molecule is O=C(NCC(O)c1cccc(C(F)(F)F)c1)c1cnsn1. The summed E-state index contributed by atoms with van der Waals surface area (Å²) in [6.45, 7) is -0.225. The first kappa shape index (κ1) is 15.4. The summed E-state index contributed by atoms with van der Waals surface area (Å²) in [6, 6.07) is 4.32. The summed E-state index contributed by atoms with van der Waals surface area (Å²) in [5.41, 5.74) is -0.688. The van der Waals surface area contributed by atoms with Crippen LogP contribution < -0.4 is 5.32 Å². The van der Waals surface area contributed by atoms with Crippen LogP contribution in [0.2, 0.25) is 0 Å². The van der Waals surface area contributed by atoms with Crippen LogP contribution >= 0.6 is 11.7 Å². The second-order valence-corrected chi connectivity index (χ2v) is 4.70. The lowest BCUT2D eigenvalue weighted by Crippen LogP contribution is -2.28. The van der Waals surface area contributed by atoms with Gasteiger partial charge in [-0.05, 0) is 17.7 Å². The second-order valence-electron chi connectivity index (χ2n) is 4.14. The van der Waals surface area contributed by atoms with Crippen molar-refractivity contribution in [1.29, 1.82) is 0 Å². The van der Waals surface area contributed by atoms with Gasteiger partial charge >= 0.3 is 6.18 Å². The van der Waals surface area contributed by atoms with E-state index in [1.54, 1.807) is 0 Å². The van der Waals surface area contributed by atoms with Crippen molar-refractivity contribution in [2.45, 2.75) is 12.3 Å². The van der Waals surface area contributed by atoms with E-state index in [1.165, 1.54) is 18.3 Å². The van der Waals surface area contributed by atoms with Crippen LogP contribution in [-0.2, 0) is 6.18 Å². The number of carbonyl (C=O) groups is 1. The van der Waals surface area contributed by atoms with E-state index in [0.29, 0.717) is 0 Å². The number of rotatable bonds is 4. The van der Waals surface area contributed by atoms with Crippen molar-refractivity contribution in [3.05, 3.63) is 47.3 Å². The van der Waals surface area contributed by atoms with Gasteiger partial charge < -0.3 is 10.4 Å². The van der Waals surface area contributed by atoms with E-state index in [2.05, 4.69) is 14.1 Å². The fourth-order valence-electron chi connectivity index (χ4n) is 1.58. The fraction of sp³-hybridized carbons (Fsp3) is 0.250. The molecule has 1 atom stereocenters. The van der Waals surface area contributed by atoms with Crippen molar-refractivity contribution in [3.8, 4) is 0 Å². The summed E-state index contributed by atoms with van der Waals surface area (Å²) in [5.74, 6) is -0.547. The third-order valence-electron chi connectivity index (χ3n) is 2.65. The van der Waals surface area contributed by atoms with Crippen LogP contribution in [0.3, 0.4) is 0 Å². The Morgan fingerprint density at radius 2 is 2.19 bits per heavy atom. The number of carbonyl (C=O) groups excluding carboxylic acids is 1. The molecule has 2 N–H and O–H groups in total. The third-order valence-corrected chi connectivity index (χ3v) is 3.13. The maximum absolute atomic E-state index is 12.6. The predicted octanol–water partition coefficient (Wildman–Crippen LogP) is 2.02. The maximum Gasteiger partial charge on any atom is 0.416 e. The maximum atomic E-state index is 12.6. The number of amides is 1. The molecule has 9 heteroatoms. The molecule has 0 saturated carbocycles. The number of aromatic nitrogens is 2. The standard InChI is InChI=1S/C12H10F3N3O2S/c13-12(14,15)8-3-1-2-7(4-8)10(19)6-16-11(20)9-5-17-21-18-9/h1-5,10,19H,6H2,(H,16,20). The van der Waals surface area contributed by atoms with Gasteiger partial charge in [0.1, 0.15) is 0 Å². The number of hydrogen-bond acceptors (Lipinski definition) is 5. The fourth-order valence-corrected chi connectivity index (χ4v) is 2.00. The number of aliphatic hydroxyl groups excluding tert-OH is 1. The van der Waals surface area contributed by atoms with Crippen molar-refractivity contribution < 1.29 is 23.1 Å². The van der Waals surface area contributed by atoms with Crippen LogP contribution in [-0.4, -0.2) is 26.3 Å². The molecule has 112 valence electrons. The number of alkyl halides is 3. The van der Waals surface area contributed by atoms with Crippen molar-refractivity contribution >= 4 is 17.6 Å². The Hall–Kier alpha value is -2.00.